The molecule has 1 saturated carbocycles. The molecule has 0 spiro atoms. The molecular formula is C26H19B3F3N5O4. The first-order valence-corrected chi connectivity index (χ1v) is 12.3. The van der Waals surface area contributed by atoms with Crippen molar-refractivity contribution < 1.29 is 32.2 Å². The molecule has 9 nitrogen and oxygen atoms in total. The number of halogens is 3. The lowest BCUT2D eigenvalue weighted by Gasteiger charge is -2.24. The largest absolute Gasteiger partial charge is 0.573 e. The van der Waals surface area contributed by atoms with Crippen molar-refractivity contribution in [2.45, 2.75) is 37.1 Å². The van der Waals surface area contributed by atoms with Gasteiger partial charge >= 0.3 is 6.36 Å². The van der Waals surface area contributed by atoms with Crippen LogP contribution in [0.15, 0.2) is 54.7 Å². The number of amides is 2. The second kappa shape index (κ2) is 10.9. The van der Waals surface area contributed by atoms with Crippen LogP contribution in [0, 0.1) is 0 Å². The summed E-state index contributed by atoms with van der Waals surface area (Å²) in [4.78, 5) is 29.9. The maximum atomic E-state index is 13.2. The lowest BCUT2D eigenvalue weighted by Crippen LogP contribution is -2.38. The topological polar surface area (TPSA) is 118 Å². The SMILES string of the molecule is [B]C([B])([B])Oc1ncc(-c2ccc3c(C(=O)NC4CC4)n[nH]c3c2)cc1C(=O)NCc1ccccc1OC(F)(F)F. The number of hydrogen-bond donors (Lipinski definition) is 3. The molecule has 2 heterocycles. The Bertz CT molecular complexity index is 1620. The van der Waals surface area contributed by atoms with E-state index in [0.29, 0.717) is 22.0 Å². The molecule has 1 fully saturated rings. The molecule has 15 heteroatoms. The summed E-state index contributed by atoms with van der Waals surface area (Å²) in [6.07, 6.45) is -1.64. The number of ether oxygens (including phenoxy) is 2. The quantitative estimate of drug-likeness (QED) is 0.274. The van der Waals surface area contributed by atoms with Gasteiger partial charge in [0.25, 0.3) is 11.8 Å². The normalized spacial score (nSPS) is 13.5. The van der Waals surface area contributed by atoms with E-state index >= 15 is 0 Å². The highest BCUT2D eigenvalue weighted by atomic mass is 19.4. The predicted molar refractivity (Wildman–Crippen MR) is 145 cm³/mol. The maximum Gasteiger partial charge on any atom is 0.573 e. The van der Waals surface area contributed by atoms with Crippen molar-refractivity contribution in [2.24, 2.45) is 0 Å². The van der Waals surface area contributed by atoms with Crippen molar-refractivity contribution in [1.82, 2.24) is 25.8 Å². The average molecular weight is 555 g/mol. The first-order valence-electron chi connectivity index (χ1n) is 12.3. The molecule has 2 aromatic heterocycles. The number of fused-ring (bicyclic) bond motifs is 1. The monoisotopic (exact) mass is 555 g/mol. The number of carbonyl (C=O) groups is 2. The van der Waals surface area contributed by atoms with Gasteiger partial charge in [-0.2, -0.15) is 5.10 Å². The van der Waals surface area contributed by atoms with Crippen LogP contribution in [-0.4, -0.2) is 68.2 Å². The van der Waals surface area contributed by atoms with Crippen molar-refractivity contribution >= 4 is 46.3 Å². The molecule has 0 aliphatic heterocycles. The average Bonchev–Trinajstić information content (AvgIpc) is 3.60. The van der Waals surface area contributed by atoms with Gasteiger partial charge in [-0.25, -0.2) is 4.98 Å². The van der Waals surface area contributed by atoms with E-state index in [-0.39, 0.29) is 41.2 Å². The summed E-state index contributed by atoms with van der Waals surface area (Å²) >= 11 is 0. The number of hydrogen-bond acceptors (Lipinski definition) is 6. The van der Waals surface area contributed by atoms with Crippen LogP contribution in [0.1, 0.15) is 39.3 Å². The highest BCUT2D eigenvalue weighted by Crippen LogP contribution is 2.30. The molecule has 0 bridgehead atoms. The number of alkyl halides is 3. The van der Waals surface area contributed by atoms with E-state index in [1.807, 2.05) is 0 Å². The molecule has 0 unspecified atom stereocenters. The second-order valence-electron chi connectivity index (χ2n) is 9.45. The van der Waals surface area contributed by atoms with Crippen molar-refractivity contribution in [1.29, 1.82) is 0 Å². The molecule has 3 N–H and O–H groups in total. The Balaban J connectivity index is 1.42. The third-order valence-corrected chi connectivity index (χ3v) is 6.03. The summed E-state index contributed by atoms with van der Waals surface area (Å²) < 4.78 is 47.7. The minimum atomic E-state index is -4.91. The Morgan fingerprint density at radius 1 is 1.00 bits per heavy atom. The number of benzene rings is 2. The van der Waals surface area contributed by atoms with Crippen molar-refractivity contribution in [2.75, 3.05) is 0 Å². The van der Waals surface area contributed by atoms with Gasteiger partial charge in [0.1, 0.15) is 34.9 Å². The third kappa shape index (κ3) is 7.03. The zero-order chi connectivity index (χ0) is 29.4. The maximum absolute atomic E-state index is 13.2. The number of aromatic nitrogens is 3. The lowest BCUT2D eigenvalue weighted by atomic mass is 9.52. The van der Waals surface area contributed by atoms with E-state index in [2.05, 4.69) is 30.6 Å². The Labute approximate surface area is 235 Å². The van der Waals surface area contributed by atoms with Gasteiger partial charge in [-0.1, -0.05) is 24.3 Å². The van der Waals surface area contributed by atoms with Gasteiger partial charge in [0, 0.05) is 35.3 Å². The lowest BCUT2D eigenvalue weighted by molar-refractivity contribution is -0.274. The second-order valence-corrected chi connectivity index (χ2v) is 9.45. The fraction of sp³-hybridized carbons (Fsp3) is 0.231. The predicted octanol–water partition coefficient (Wildman–Crippen LogP) is 2.84. The summed E-state index contributed by atoms with van der Waals surface area (Å²) in [5.74, 6) is -1.81. The molecule has 0 saturated heterocycles. The van der Waals surface area contributed by atoms with E-state index in [0.717, 1.165) is 18.9 Å². The van der Waals surface area contributed by atoms with Gasteiger partial charge in [-0.3, -0.25) is 14.7 Å². The number of aromatic amines is 1. The van der Waals surface area contributed by atoms with E-state index in [1.54, 1.807) is 18.2 Å². The fourth-order valence-corrected chi connectivity index (χ4v) is 4.02. The molecule has 202 valence electrons. The van der Waals surface area contributed by atoms with E-state index in [1.165, 1.54) is 30.5 Å². The summed E-state index contributed by atoms with van der Waals surface area (Å²) in [6, 6.07) is 12.1. The highest BCUT2D eigenvalue weighted by Gasteiger charge is 2.32. The summed E-state index contributed by atoms with van der Waals surface area (Å²) in [6.45, 7) is -0.320. The standard InChI is InChI=1S/C26H19B3F3N5O4/c27-25(28,29)41-24-18(22(38)33-11-14-3-1-2-4-20(14)40-26(30,31)32)9-15(12-34-24)13-5-8-17-19(10-13)36-37-21(17)23(39)35-16-6-7-16/h1-5,8-10,12,16H,6-7,11H2,(H,33,38)(H,35,39)(H,36,37). The Hall–Kier alpha value is -4.42. The fourth-order valence-electron chi connectivity index (χ4n) is 4.02. The molecule has 1 aliphatic carbocycles. The number of para-hydroxylation sites is 1. The molecule has 4 aromatic rings. The van der Waals surface area contributed by atoms with Gasteiger partial charge in [0.15, 0.2) is 5.69 Å². The minimum absolute atomic E-state index is 0.0711. The van der Waals surface area contributed by atoms with Gasteiger partial charge < -0.3 is 20.1 Å². The number of H-pyrrole nitrogens is 1. The Morgan fingerprint density at radius 2 is 1.76 bits per heavy atom. The first kappa shape index (κ1) is 28.1. The van der Waals surface area contributed by atoms with Crippen LogP contribution in [0.5, 0.6) is 11.6 Å². The third-order valence-electron chi connectivity index (χ3n) is 6.03. The Morgan fingerprint density at radius 3 is 2.46 bits per heavy atom. The molecule has 41 heavy (non-hydrogen) atoms. The molecule has 1 aliphatic rings. The molecular weight excluding hydrogens is 536 g/mol. The Kier molecular flexibility index (Phi) is 7.45. The first-order chi connectivity index (χ1) is 19.4. The van der Waals surface area contributed by atoms with Crippen LogP contribution in [0.3, 0.4) is 0 Å². The summed E-state index contributed by atoms with van der Waals surface area (Å²) in [5.41, 5.74) is 1.83. The van der Waals surface area contributed by atoms with Gasteiger partial charge in [-0.05, 0) is 48.0 Å². The molecule has 0 atom stereocenters. The minimum Gasteiger partial charge on any atom is -0.500 e. The van der Waals surface area contributed by atoms with Gasteiger partial charge in [0.2, 0.25) is 5.88 Å². The number of rotatable bonds is 9. The van der Waals surface area contributed by atoms with Crippen molar-refractivity contribution in [3.63, 3.8) is 0 Å². The number of nitrogens with one attached hydrogen (secondary N) is 3. The molecule has 6 radical (unpaired) electrons. The van der Waals surface area contributed by atoms with E-state index in [9.17, 15) is 22.8 Å². The zero-order valence-corrected chi connectivity index (χ0v) is 21.3. The molecule has 2 amide bonds. The molecule has 5 rings (SSSR count). The van der Waals surface area contributed by atoms with Crippen LogP contribution in [0.2, 0.25) is 0 Å². The van der Waals surface area contributed by atoms with Gasteiger partial charge in [-0.15, -0.1) is 13.2 Å². The van der Waals surface area contributed by atoms with Crippen LogP contribution in [0.4, 0.5) is 13.2 Å². The molecule has 2 aromatic carbocycles. The summed E-state index contributed by atoms with van der Waals surface area (Å²) in [7, 11) is 16.6. The van der Waals surface area contributed by atoms with E-state index in [4.69, 9.17) is 28.3 Å². The van der Waals surface area contributed by atoms with Gasteiger partial charge in [0.05, 0.1) is 5.52 Å². The number of nitrogens with zero attached hydrogens (tertiary/aromatic N) is 2. The van der Waals surface area contributed by atoms with Crippen LogP contribution in [0.25, 0.3) is 22.0 Å². The smallest absolute Gasteiger partial charge is 0.500 e. The zero-order valence-electron chi connectivity index (χ0n) is 21.3. The van der Waals surface area contributed by atoms with Crippen molar-refractivity contribution in [3.8, 4) is 22.8 Å². The van der Waals surface area contributed by atoms with Crippen LogP contribution >= 0.6 is 0 Å². The van der Waals surface area contributed by atoms with E-state index < -0.39 is 23.3 Å². The highest BCUT2D eigenvalue weighted by molar-refractivity contribution is 6.58. The number of pyridine rings is 1. The number of carbonyl (C=O) groups excluding carboxylic acids is 2. The van der Waals surface area contributed by atoms with Crippen LogP contribution in [-0.2, 0) is 6.54 Å². The van der Waals surface area contributed by atoms with Crippen LogP contribution < -0.4 is 20.1 Å². The van der Waals surface area contributed by atoms with Crippen molar-refractivity contribution in [3.05, 3.63) is 71.5 Å². The summed E-state index contributed by atoms with van der Waals surface area (Å²) in [5, 5.41) is 10.8.